The van der Waals surface area contributed by atoms with E-state index >= 15 is 0 Å². The first kappa shape index (κ1) is 15.5. The number of aromatic nitrogens is 2. The molecule has 108 valence electrons. The van der Waals surface area contributed by atoms with E-state index in [-0.39, 0.29) is 5.91 Å². The maximum atomic E-state index is 11.9. The lowest BCUT2D eigenvalue weighted by atomic mass is 10.2. The molecule has 0 radical (unpaired) electrons. The number of rotatable bonds is 6. The first-order valence-corrected chi connectivity index (χ1v) is 8.23. The Labute approximate surface area is 131 Å². The van der Waals surface area contributed by atoms with Crippen LogP contribution < -0.4 is 5.32 Å². The molecule has 1 aromatic carbocycles. The van der Waals surface area contributed by atoms with Gasteiger partial charge in [-0.25, -0.2) is 4.98 Å². The summed E-state index contributed by atoms with van der Waals surface area (Å²) in [7, 11) is 0. The van der Waals surface area contributed by atoms with E-state index in [1.54, 1.807) is 24.3 Å². The Balaban J connectivity index is 1.81. The van der Waals surface area contributed by atoms with Crippen LogP contribution in [-0.4, -0.2) is 21.0 Å². The third-order valence-corrected chi connectivity index (χ3v) is 4.52. The summed E-state index contributed by atoms with van der Waals surface area (Å²) in [5.74, 6) is 1.37. The molecule has 0 aliphatic carbocycles. The molecular formula is C14H14N4OS2. The van der Waals surface area contributed by atoms with E-state index in [2.05, 4.69) is 20.7 Å². The van der Waals surface area contributed by atoms with Crippen LogP contribution in [-0.2, 0) is 11.2 Å². The van der Waals surface area contributed by atoms with Crippen molar-refractivity contribution in [2.75, 3.05) is 11.1 Å². The van der Waals surface area contributed by atoms with Gasteiger partial charge in [-0.2, -0.15) is 9.64 Å². The Morgan fingerprint density at radius 1 is 1.48 bits per heavy atom. The molecule has 0 fully saturated rings. The number of nitrogens with one attached hydrogen (secondary N) is 1. The number of carbonyl (C=O) groups excluding carboxylic acids is 1. The molecule has 0 aliphatic rings. The van der Waals surface area contributed by atoms with Crippen molar-refractivity contribution in [1.82, 2.24) is 9.36 Å². The SMILES string of the molecule is CCc1nsc(SCCC(=O)Nc2ccccc2C#N)n1. The summed E-state index contributed by atoms with van der Waals surface area (Å²) in [4.78, 5) is 16.2. The minimum atomic E-state index is -0.106. The molecule has 5 nitrogen and oxygen atoms in total. The van der Waals surface area contributed by atoms with Gasteiger partial charge in [-0.3, -0.25) is 4.79 Å². The average molecular weight is 318 g/mol. The summed E-state index contributed by atoms with van der Waals surface area (Å²) >= 11 is 2.89. The highest BCUT2D eigenvalue weighted by Crippen LogP contribution is 2.21. The number of thioether (sulfide) groups is 1. The minimum Gasteiger partial charge on any atom is -0.325 e. The van der Waals surface area contributed by atoms with Crippen LogP contribution in [0.15, 0.2) is 28.6 Å². The number of para-hydroxylation sites is 1. The molecule has 2 rings (SSSR count). The van der Waals surface area contributed by atoms with Crippen LogP contribution >= 0.6 is 23.3 Å². The van der Waals surface area contributed by atoms with Gasteiger partial charge in [0.15, 0.2) is 4.34 Å². The number of hydrogen-bond donors (Lipinski definition) is 1. The summed E-state index contributed by atoms with van der Waals surface area (Å²) < 4.78 is 5.08. The van der Waals surface area contributed by atoms with E-state index in [1.165, 1.54) is 23.3 Å². The van der Waals surface area contributed by atoms with E-state index < -0.39 is 0 Å². The van der Waals surface area contributed by atoms with Gasteiger partial charge in [0.2, 0.25) is 5.91 Å². The lowest BCUT2D eigenvalue weighted by Crippen LogP contribution is -2.13. The third-order valence-electron chi connectivity index (χ3n) is 2.64. The number of benzene rings is 1. The molecule has 1 heterocycles. The van der Waals surface area contributed by atoms with Crippen molar-refractivity contribution in [2.45, 2.75) is 24.1 Å². The van der Waals surface area contributed by atoms with E-state index in [0.717, 1.165) is 16.6 Å². The number of amides is 1. The van der Waals surface area contributed by atoms with Crippen LogP contribution in [0, 0.1) is 11.3 Å². The van der Waals surface area contributed by atoms with Gasteiger partial charge < -0.3 is 5.32 Å². The second-order valence-corrected chi connectivity index (χ2v) is 6.23. The molecule has 1 aromatic heterocycles. The van der Waals surface area contributed by atoms with Gasteiger partial charge >= 0.3 is 0 Å². The number of anilines is 1. The molecule has 1 amide bonds. The molecule has 0 bridgehead atoms. The molecule has 0 atom stereocenters. The fourth-order valence-electron chi connectivity index (χ4n) is 1.57. The maximum absolute atomic E-state index is 11.9. The summed E-state index contributed by atoms with van der Waals surface area (Å²) in [5, 5.41) is 11.7. The molecule has 7 heteroatoms. The quantitative estimate of drug-likeness (QED) is 0.828. The van der Waals surface area contributed by atoms with Crippen molar-refractivity contribution in [1.29, 1.82) is 5.26 Å². The highest BCUT2D eigenvalue weighted by molar-refractivity contribution is 8.00. The molecule has 0 spiro atoms. The van der Waals surface area contributed by atoms with Crippen molar-refractivity contribution in [2.24, 2.45) is 0 Å². The monoisotopic (exact) mass is 318 g/mol. The number of aryl methyl sites for hydroxylation is 1. The summed E-state index contributed by atoms with van der Waals surface area (Å²) in [6.45, 7) is 2.01. The Hall–Kier alpha value is -1.91. The van der Waals surface area contributed by atoms with Crippen molar-refractivity contribution in [3.05, 3.63) is 35.7 Å². The first-order valence-electron chi connectivity index (χ1n) is 6.47. The van der Waals surface area contributed by atoms with Gasteiger partial charge in [0.05, 0.1) is 11.3 Å². The summed E-state index contributed by atoms with van der Waals surface area (Å²) in [6.07, 6.45) is 1.19. The van der Waals surface area contributed by atoms with Gasteiger partial charge in [0, 0.05) is 18.6 Å². The van der Waals surface area contributed by atoms with E-state index in [4.69, 9.17) is 5.26 Å². The first-order chi connectivity index (χ1) is 10.2. The van der Waals surface area contributed by atoms with Crippen molar-refractivity contribution in [3.63, 3.8) is 0 Å². The Bertz CT molecular complexity index is 663. The molecular weight excluding hydrogens is 304 g/mol. The van der Waals surface area contributed by atoms with Crippen LogP contribution in [0.1, 0.15) is 24.7 Å². The number of nitrogens with zero attached hydrogens (tertiary/aromatic N) is 3. The van der Waals surface area contributed by atoms with Gasteiger partial charge in [0.25, 0.3) is 0 Å². The van der Waals surface area contributed by atoms with Gasteiger partial charge in [-0.15, -0.1) is 0 Å². The smallest absolute Gasteiger partial charge is 0.225 e. The minimum absolute atomic E-state index is 0.106. The van der Waals surface area contributed by atoms with Gasteiger partial charge in [0.1, 0.15) is 11.9 Å². The Morgan fingerprint density at radius 3 is 3.00 bits per heavy atom. The third kappa shape index (κ3) is 4.55. The van der Waals surface area contributed by atoms with Crippen molar-refractivity contribution < 1.29 is 4.79 Å². The van der Waals surface area contributed by atoms with Crippen molar-refractivity contribution >= 4 is 34.9 Å². The molecule has 0 aliphatic heterocycles. The highest BCUT2D eigenvalue weighted by atomic mass is 32.2. The lowest BCUT2D eigenvalue weighted by Gasteiger charge is -2.05. The van der Waals surface area contributed by atoms with Gasteiger partial charge in [-0.1, -0.05) is 30.8 Å². The standard InChI is InChI=1S/C14H14N4OS2/c1-2-12-17-14(21-18-12)20-8-7-13(19)16-11-6-4-3-5-10(11)9-15/h3-6H,2,7-8H2,1H3,(H,16,19). The zero-order chi connectivity index (χ0) is 15.1. The number of nitriles is 1. The second-order valence-electron chi connectivity index (χ2n) is 4.13. The fourth-order valence-corrected chi connectivity index (χ4v) is 3.28. The molecule has 2 aromatic rings. The largest absolute Gasteiger partial charge is 0.325 e. The Kier molecular flexibility index (Phi) is 5.72. The maximum Gasteiger partial charge on any atom is 0.225 e. The Morgan fingerprint density at radius 2 is 2.29 bits per heavy atom. The van der Waals surface area contributed by atoms with Crippen LogP contribution in [0.2, 0.25) is 0 Å². The zero-order valence-corrected chi connectivity index (χ0v) is 13.1. The second kappa shape index (κ2) is 7.76. The zero-order valence-electron chi connectivity index (χ0n) is 11.5. The number of hydrogen-bond acceptors (Lipinski definition) is 6. The molecule has 0 unspecified atom stereocenters. The van der Waals surface area contributed by atoms with Crippen LogP contribution in [0.4, 0.5) is 5.69 Å². The van der Waals surface area contributed by atoms with Crippen LogP contribution in [0.5, 0.6) is 0 Å². The predicted octanol–water partition coefficient (Wildman–Crippen LogP) is 3.09. The predicted molar refractivity (Wildman–Crippen MR) is 84.4 cm³/mol. The average Bonchev–Trinajstić information content (AvgIpc) is 2.96. The van der Waals surface area contributed by atoms with E-state index in [9.17, 15) is 4.79 Å². The molecule has 1 N–H and O–H groups in total. The molecule has 0 saturated carbocycles. The summed E-state index contributed by atoms with van der Waals surface area (Å²) in [6, 6.07) is 9.02. The molecule has 21 heavy (non-hydrogen) atoms. The fraction of sp³-hybridized carbons (Fsp3) is 0.286. The highest BCUT2D eigenvalue weighted by Gasteiger charge is 2.08. The van der Waals surface area contributed by atoms with Crippen LogP contribution in [0.25, 0.3) is 0 Å². The van der Waals surface area contributed by atoms with E-state index in [0.29, 0.717) is 23.4 Å². The number of carbonyl (C=O) groups is 1. The van der Waals surface area contributed by atoms with Crippen molar-refractivity contribution in [3.8, 4) is 6.07 Å². The van der Waals surface area contributed by atoms with Crippen LogP contribution in [0.3, 0.4) is 0 Å². The van der Waals surface area contributed by atoms with E-state index in [1.807, 2.05) is 6.92 Å². The normalized spacial score (nSPS) is 10.1. The lowest BCUT2D eigenvalue weighted by molar-refractivity contribution is -0.115. The summed E-state index contributed by atoms with van der Waals surface area (Å²) in [5.41, 5.74) is 1.02. The topological polar surface area (TPSA) is 78.7 Å². The van der Waals surface area contributed by atoms with Gasteiger partial charge in [-0.05, 0) is 23.7 Å². The molecule has 0 saturated heterocycles.